The first kappa shape index (κ1) is 12.5. The standard InChI is InChI=1S/C13H14N4S2/c1-8-11-12(16(2)15-8)17(13(18)14-11)9-5-4-6-10(7-9)19-3/h4-7H,1-3H3,(H,14,18). The van der Waals surface area contributed by atoms with Crippen LogP contribution in [-0.4, -0.2) is 25.6 Å². The van der Waals surface area contributed by atoms with Crippen LogP contribution < -0.4 is 0 Å². The van der Waals surface area contributed by atoms with Crippen molar-refractivity contribution in [1.29, 1.82) is 0 Å². The summed E-state index contributed by atoms with van der Waals surface area (Å²) in [7, 11) is 1.94. The Morgan fingerprint density at radius 1 is 1.37 bits per heavy atom. The van der Waals surface area contributed by atoms with E-state index >= 15 is 0 Å². The van der Waals surface area contributed by atoms with Gasteiger partial charge < -0.3 is 4.98 Å². The third kappa shape index (κ3) is 1.91. The first-order valence-corrected chi connectivity index (χ1v) is 7.54. The second kappa shape index (κ2) is 4.54. The molecule has 19 heavy (non-hydrogen) atoms. The van der Waals surface area contributed by atoms with Crippen LogP contribution in [0.5, 0.6) is 0 Å². The third-order valence-corrected chi connectivity index (χ3v) is 4.16. The van der Waals surface area contributed by atoms with Gasteiger partial charge >= 0.3 is 0 Å². The number of fused-ring (bicyclic) bond motifs is 1. The number of thioether (sulfide) groups is 1. The molecule has 0 amide bonds. The summed E-state index contributed by atoms with van der Waals surface area (Å²) in [4.78, 5) is 4.46. The van der Waals surface area contributed by atoms with E-state index in [1.165, 1.54) is 4.90 Å². The van der Waals surface area contributed by atoms with Gasteiger partial charge in [0.15, 0.2) is 10.4 Å². The predicted molar refractivity (Wildman–Crippen MR) is 81.7 cm³/mol. The summed E-state index contributed by atoms with van der Waals surface area (Å²) in [5, 5.41) is 4.43. The molecular weight excluding hydrogens is 276 g/mol. The summed E-state index contributed by atoms with van der Waals surface area (Å²) in [5.41, 5.74) is 4.03. The quantitative estimate of drug-likeness (QED) is 0.580. The number of aromatic nitrogens is 4. The van der Waals surface area contributed by atoms with Gasteiger partial charge in [-0.3, -0.25) is 4.57 Å². The van der Waals surface area contributed by atoms with Crippen LogP contribution in [0.15, 0.2) is 29.2 Å². The molecule has 2 heterocycles. The van der Waals surface area contributed by atoms with Gasteiger partial charge in [0.05, 0.1) is 11.4 Å². The van der Waals surface area contributed by atoms with Crippen LogP contribution in [-0.2, 0) is 7.05 Å². The van der Waals surface area contributed by atoms with E-state index in [0.717, 1.165) is 22.5 Å². The molecule has 3 aromatic rings. The highest BCUT2D eigenvalue weighted by atomic mass is 32.2. The number of nitrogens with zero attached hydrogens (tertiary/aromatic N) is 3. The molecule has 2 aromatic heterocycles. The number of benzene rings is 1. The van der Waals surface area contributed by atoms with Crippen LogP contribution in [0, 0.1) is 11.7 Å². The molecule has 0 atom stereocenters. The Bertz CT molecular complexity index is 810. The van der Waals surface area contributed by atoms with Crippen molar-refractivity contribution < 1.29 is 0 Å². The van der Waals surface area contributed by atoms with Crippen LogP contribution >= 0.6 is 24.0 Å². The van der Waals surface area contributed by atoms with Crippen molar-refractivity contribution in [2.45, 2.75) is 11.8 Å². The average Bonchev–Trinajstić information content (AvgIpc) is 2.88. The molecule has 3 rings (SSSR count). The van der Waals surface area contributed by atoms with Crippen molar-refractivity contribution >= 4 is 35.1 Å². The largest absolute Gasteiger partial charge is 0.327 e. The first-order chi connectivity index (χ1) is 9.11. The van der Waals surface area contributed by atoms with Crippen LogP contribution in [0.25, 0.3) is 16.9 Å². The number of nitrogens with one attached hydrogen (secondary N) is 1. The highest BCUT2D eigenvalue weighted by Gasteiger charge is 2.13. The maximum absolute atomic E-state index is 5.45. The van der Waals surface area contributed by atoms with Crippen molar-refractivity contribution in [2.24, 2.45) is 7.05 Å². The first-order valence-electron chi connectivity index (χ1n) is 5.90. The molecule has 0 aliphatic rings. The van der Waals surface area contributed by atoms with Gasteiger partial charge in [-0.2, -0.15) is 5.10 Å². The summed E-state index contributed by atoms with van der Waals surface area (Å²) in [6.07, 6.45) is 2.07. The van der Waals surface area contributed by atoms with Crippen molar-refractivity contribution in [3.05, 3.63) is 34.7 Å². The van der Waals surface area contributed by atoms with E-state index in [9.17, 15) is 0 Å². The lowest BCUT2D eigenvalue weighted by Gasteiger charge is -2.06. The Morgan fingerprint density at radius 2 is 2.16 bits per heavy atom. The second-order valence-corrected chi connectivity index (χ2v) is 5.64. The Labute approximate surface area is 120 Å². The van der Waals surface area contributed by atoms with Crippen LogP contribution in [0.4, 0.5) is 0 Å². The predicted octanol–water partition coefficient (Wildman–Crippen LogP) is 3.45. The van der Waals surface area contributed by atoms with Crippen LogP contribution in [0.2, 0.25) is 0 Å². The number of imidazole rings is 1. The lowest BCUT2D eigenvalue weighted by molar-refractivity contribution is 0.759. The smallest absolute Gasteiger partial charge is 0.184 e. The molecule has 0 saturated heterocycles. The zero-order chi connectivity index (χ0) is 13.6. The highest BCUT2D eigenvalue weighted by molar-refractivity contribution is 7.98. The van der Waals surface area contributed by atoms with Crippen LogP contribution in [0.3, 0.4) is 0 Å². The fourth-order valence-corrected chi connectivity index (χ4v) is 3.04. The average molecular weight is 290 g/mol. The van der Waals surface area contributed by atoms with E-state index in [2.05, 4.69) is 34.5 Å². The molecule has 6 heteroatoms. The van der Waals surface area contributed by atoms with Crippen molar-refractivity contribution in [2.75, 3.05) is 6.26 Å². The monoisotopic (exact) mass is 290 g/mol. The topological polar surface area (TPSA) is 38.5 Å². The van der Waals surface area contributed by atoms with Crippen molar-refractivity contribution in [1.82, 2.24) is 19.3 Å². The third-order valence-electron chi connectivity index (χ3n) is 3.15. The molecule has 0 saturated carbocycles. The van der Waals surface area contributed by atoms with Crippen molar-refractivity contribution in [3.8, 4) is 5.69 Å². The van der Waals surface area contributed by atoms with Gasteiger partial charge in [0, 0.05) is 11.9 Å². The Balaban J connectivity index is 2.35. The van der Waals surface area contributed by atoms with E-state index < -0.39 is 0 Å². The summed E-state index contributed by atoms with van der Waals surface area (Å²) in [6, 6.07) is 8.34. The zero-order valence-electron chi connectivity index (χ0n) is 11.0. The minimum absolute atomic E-state index is 0.698. The molecule has 0 spiro atoms. The molecule has 1 N–H and O–H groups in total. The van der Waals surface area contributed by atoms with Gasteiger partial charge in [-0.15, -0.1) is 11.8 Å². The highest BCUT2D eigenvalue weighted by Crippen LogP contribution is 2.24. The molecule has 0 unspecified atom stereocenters. The maximum atomic E-state index is 5.45. The van der Waals surface area contributed by atoms with Gasteiger partial charge in [-0.1, -0.05) is 6.07 Å². The Hall–Kier alpha value is -1.53. The molecule has 0 aliphatic heterocycles. The van der Waals surface area contributed by atoms with Crippen molar-refractivity contribution in [3.63, 3.8) is 0 Å². The van der Waals surface area contributed by atoms with Gasteiger partial charge in [0.2, 0.25) is 0 Å². The molecule has 0 fully saturated rings. The Morgan fingerprint density at radius 3 is 2.89 bits per heavy atom. The lowest BCUT2D eigenvalue weighted by Crippen LogP contribution is -2.00. The SMILES string of the molecule is CSc1cccc(-n2c(=S)[nH]c3c(C)nn(C)c32)c1. The summed E-state index contributed by atoms with van der Waals surface area (Å²) in [6.45, 7) is 1.98. The minimum Gasteiger partial charge on any atom is -0.327 e. The molecule has 0 aliphatic carbocycles. The maximum Gasteiger partial charge on any atom is 0.184 e. The number of rotatable bonds is 2. The van der Waals surface area contributed by atoms with E-state index in [0.29, 0.717) is 4.77 Å². The lowest BCUT2D eigenvalue weighted by atomic mass is 10.3. The molecular formula is C13H14N4S2. The Kier molecular flexibility index (Phi) is 2.99. The van der Waals surface area contributed by atoms with Gasteiger partial charge in [-0.05, 0) is 43.6 Å². The fourth-order valence-electron chi connectivity index (χ4n) is 2.30. The molecule has 4 nitrogen and oxygen atoms in total. The minimum atomic E-state index is 0.698. The number of H-pyrrole nitrogens is 1. The van der Waals surface area contributed by atoms with Gasteiger partial charge in [0.1, 0.15) is 5.52 Å². The number of hydrogen-bond donors (Lipinski definition) is 1. The molecule has 0 radical (unpaired) electrons. The van der Waals surface area contributed by atoms with Crippen LogP contribution in [0.1, 0.15) is 5.69 Å². The van der Waals surface area contributed by atoms with E-state index in [1.54, 1.807) is 11.8 Å². The summed E-state index contributed by atoms with van der Waals surface area (Å²) in [5.74, 6) is 0. The zero-order valence-corrected chi connectivity index (χ0v) is 12.6. The molecule has 1 aromatic carbocycles. The number of hydrogen-bond acceptors (Lipinski definition) is 3. The second-order valence-electron chi connectivity index (χ2n) is 4.37. The van der Waals surface area contributed by atoms with E-state index in [-0.39, 0.29) is 0 Å². The molecule has 98 valence electrons. The number of aryl methyl sites for hydroxylation is 2. The van der Waals surface area contributed by atoms with Gasteiger partial charge in [-0.25, -0.2) is 4.68 Å². The van der Waals surface area contributed by atoms with E-state index in [4.69, 9.17) is 12.2 Å². The molecule has 0 bridgehead atoms. The fraction of sp³-hybridized carbons (Fsp3) is 0.231. The number of aromatic amines is 1. The van der Waals surface area contributed by atoms with Gasteiger partial charge in [0.25, 0.3) is 0 Å². The van der Waals surface area contributed by atoms with E-state index in [1.807, 2.05) is 29.3 Å². The normalized spacial score (nSPS) is 11.3. The summed E-state index contributed by atoms with van der Waals surface area (Å²) < 4.78 is 4.59. The summed E-state index contributed by atoms with van der Waals surface area (Å²) >= 11 is 7.17.